The number of fused-ring (bicyclic) bond motifs is 1. The predicted molar refractivity (Wildman–Crippen MR) is 150 cm³/mol. The van der Waals surface area contributed by atoms with Gasteiger partial charge in [0.05, 0.1) is 25.9 Å². The van der Waals surface area contributed by atoms with Gasteiger partial charge in [0.1, 0.15) is 23.0 Å². The number of amides is 1. The fourth-order valence-corrected chi connectivity index (χ4v) is 5.28. The Morgan fingerprint density at radius 2 is 1.80 bits per heavy atom. The number of hydrogen-bond donors (Lipinski definition) is 1. The molecule has 0 radical (unpaired) electrons. The topological polar surface area (TPSA) is 104 Å². The first kappa shape index (κ1) is 29.1. The highest BCUT2D eigenvalue weighted by Crippen LogP contribution is 2.38. The molecule has 9 nitrogen and oxygen atoms in total. The second-order valence-corrected chi connectivity index (χ2v) is 9.92. The molecule has 4 rings (SSSR count). The van der Waals surface area contributed by atoms with Crippen molar-refractivity contribution in [3.05, 3.63) is 59.2 Å². The molecule has 216 valence electrons. The summed E-state index contributed by atoms with van der Waals surface area (Å²) in [5.41, 5.74) is 3.31. The minimum absolute atomic E-state index is 0.0163. The third kappa shape index (κ3) is 6.81. The zero-order valence-corrected chi connectivity index (χ0v) is 23.4. The van der Waals surface area contributed by atoms with Gasteiger partial charge in [-0.1, -0.05) is 25.5 Å². The largest absolute Gasteiger partial charge is 0.508 e. The average molecular weight is 554 g/mol. The number of allylic oxidation sites excluding steroid dienone is 1. The van der Waals surface area contributed by atoms with Gasteiger partial charge in [0, 0.05) is 37.1 Å². The third-order valence-corrected chi connectivity index (χ3v) is 7.13. The number of likely N-dealkylation sites (tertiary alicyclic amines) is 1. The quantitative estimate of drug-likeness (QED) is 0.188. The highest BCUT2D eigenvalue weighted by molar-refractivity contribution is 5.98. The number of nitrogens with zero attached hydrogens (tertiary/aromatic N) is 1. The summed E-state index contributed by atoms with van der Waals surface area (Å²) in [7, 11) is 1.58. The van der Waals surface area contributed by atoms with Crippen LogP contribution in [0.1, 0.15) is 66.1 Å². The summed E-state index contributed by atoms with van der Waals surface area (Å²) < 4.78 is 28.7. The zero-order valence-electron chi connectivity index (χ0n) is 23.4. The van der Waals surface area contributed by atoms with Crippen molar-refractivity contribution >= 4 is 12.1 Å². The Morgan fingerprint density at radius 1 is 1.10 bits per heavy atom. The molecular weight excluding hydrogens is 514 g/mol. The first-order valence-corrected chi connectivity index (χ1v) is 14.0. The molecule has 1 amide bonds. The van der Waals surface area contributed by atoms with Crippen LogP contribution in [0, 0.1) is 0 Å². The Hall–Kier alpha value is -3.88. The molecule has 2 heterocycles. The van der Waals surface area contributed by atoms with Crippen LogP contribution in [0.4, 0.5) is 4.79 Å². The number of carbonyl (C=O) groups excluding carboxylic acids is 1. The number of methoxy groups -OCH3 is 1. The number of benzene rings is 2. The van der Waals surface area contributed by atoms with E-state index in [0.29, 0.717) is 61.7 Å². The molecule has 2 aromatic carbocycles. The predicted octanol–water partition coefficient (Wildman–Crippen LogP) is 5.81. The van der Waals surface area contributed by atoms with Crippen LogP contribution in [0.25, 0.3) is 0 Å². The molecule has 2 aliphatic rings. The Morgan fingerprint density at radius 3 is 2.45 bits per heavy atom. The van der Waals surface area contributed by atoms with E-state index in [1.807, 2.05) is 23.1 Å². The maximum Gasteiger partial charge on any atom is 0.508 e. The molecule has 0 spiro atoms. The van der Waals surface area contributed by atoms with Crippen LogP contribution in [0.5, 0.6) is 23.0 Å². The lowest BCUT2D eigenvalue weighted by atomic mass is 9.98. The van der Waals surface area contributed by atoms with E-state index in [9.17, 15) is 9.59 Å². The maximum atomic E-state index is 13.1. The lowest BCUT2D eigenvalue weighted by Gasteiger charge is -2.27. The fraction of sp³-hybridized carbons (Fsp3) is 0.484. The number of carbonyl (C=O) groups is 2. The van der Waals surface area contributed by atoms with Crippen molar-refractivity contribution < 1.29 is 38.4 Å². The van der Waals surface area contributed by atoms with Crippen molar-refractivity contribution in [2.75, 3.05) is 33.4 Å². The van der Waals surface area contributed by atoms with Gasteiger partial charge < -0.3 is 33.7 Å². The fourth-order valence-electron chi connectivity index (χ4n) is 5.28. The summed E-state index contributed by atoms with van der Waals surface area (Å²) >= 11 is 0. The molecule has 2 aliphatic heterocycles. The van der Waals surface area contributed by atoms with Crippen LogP contribution in [0.3, 0.4) is 0 Å². The molecule has 1 unspecified atom stereocenters. The first-order valence-electron chi connectivity index (χ1n) is 14.0. The summed E-state index contributed by atoms with van der Waals surface area (Å²) in [5.74, 6) is 2.56. The third-order valence-electron chi connectivity index (χ3n) is 7.13. The zero-order chi connectivity index (χ0) is 28.5. The molecule has 9 heteroatoms. The minimum Gasteiger partial charge on any atom is -0.495 e. The van der Waals surface area contributed by atoms with Gasteiger partial charge in [0.15, 0.2) is 0 Å². The van der Waals surface area contributed by atoms with Crippen LogP contribution in [-0.2, 0) is 24.0 Å². The van der Waals surface area contributed by atoms with E-state index >= 15 is 0 Å². The normalized spacial score (nSPS) is 16.1. The average Bonchev–Trinajstić information content (AvgIpc) is 3.49. The molecule has 0 aromatic heterocycles. The highest BCUT2D eigenvalue weighted by Gasteiger charge is 2.27. The van der Waals surface area contributed by atoms with Gasteiger partial charge in [-0.2, -0.15) is 0 Å². The van der Waals surface area contributed by atoms with Crippen LogP contribution >= 0.6 is 0 Å². The summed E-state index contributed by atoms with van der Waals surface area (Å²) in [5, 5.41) is 8.98. The summed E-state index contributed by atoms with van der Waals surface area (Å²) in [6, 6.07) is 7.54. The Bertz CT molecular complexity index is 1200. The molecule has 0 saturated carbocycles. The van der Waals surface area contributed by atoms with Crippen molar-refractivity contribution in [1.29, 1.82) is 0 Å². The standard InChI is InChI=1S/C31H39NO8/c1-4-9-22-25(14-11-21-12-16-27(39-28(21)22)40-31(34)35)37-19-8-20-38-26-15-13-24(29(36-3)23(26)10-5-2)30(33)32-17-6-7-18-32/h5,11,13-15,27H,2,4,6-10,12,16-20H2,1,3H3,(H,34,35). The van der Waals surface area contributed by atoms with Crippen LogP contribution in [0.15, 0.2) is 36.9 Å². The molecule has 2 aromatic rings. The van der Waals surface area contributed by atoms with Crippen molar-refractivity contribution in [3.63, 3.8) is 0 Å². The van der Waals surface area contributed by atoms with Gasteiger partial charge in [0.25, 0.3) is 5.91 Å². The minimum atomic E-state index is -1.35. The molecule has 1 N–H and O–H groups in total. The number of hydrogen-bond acceptors (Lipinski definition) is 7. The Labute approximate surface area is 235 Å². The lowest BCUT2D eigenvalue weighted by molar-refractivity contribution is -0.0640. The number of ether oxygens (including phenoxy) is 5. The van der Waals surface area contributed by atoms with Crippen LogP contribution in [-0.4, -0.2) is 61.8 Å². The number of rotatable bonds is 13. The number of carboxylic acid groups (broad SMARTS) is 1. The van der Waals surface area contributed by atoms with Crippen LogP contribution < -0.4 is 18.9 Å². The Kier molecular flexibility index (Phi) is 10.2. The highest BCUT2D eigenvalue weighted by atomic mass is 16.8. The van der Waals surface area contributed by atoms with Gasteiger partial charge in [0.2, 0.25) is 6.29 Å². The van der Waals surface area contributed by atoms with E-state index in [1.54, 1.807) is 19.3 Å². The second-order valence-electron chi connectivity index (χ2n) is 9.92. The van der Waals surface area contributed by atoms with Crippen molar-refractivity contribution in [1.82, 2.24) is 4.90 Å². The van der Waals surface area contributed by atoms with E-state index in [2.05, 4.69) is 13.5 Å². The van der Waals surface area contributed by atoms with Gasteiger partial charge in [-0.15, -0.1) is 6.58 Å². The molecular formula is C31H39NO8. The van der Waals surface area contributed by atoms with E-state index < -0.39 is 12.4 Å². The summed E-state index contributed by atoms with van der Waals surface area (Å²) in [6.07, 6.45) is 5.57. The Balaban J connectivity index is 1.40. The molecule has 40 heavy (non-hydrogen) atoms. The van der Waals surface area contributed by atoms with Crippen LogP contribution in [0.2, 0.25) is 0 Å². The van der Waals surface area contributed by atoms with E-state index in [4.69, 9.17) is 28.8 Å². The summed E-state index contributed by atoms with van der Waals surface area (Å²) in [6.45, 7) is 8.31. The summed E-state index contributed by atoms with van der Waals surface area (Å²) in [4.78, 5) is 25.9. The van der Waals surface area contributed by atoms with Gasteiger partial charge in [-0.3, -0.25) is 4.79 Å². The molecule has 1 atom stereocenters. The monoisotopic (exact) mass is 553 g/mol. The van der Waals surface area contributed by atoms with Gasteiger partial charge in [-0.05, 0) is 55.9 Å². The van der Waals surface area contributed by atoms with E-state index in [1.165, 1.54) is 0 Å². The lowest BCUT2D eigenvalue weighted by Crippen LogP contribution is -2.28. The smallest absolute Gasteiger partial charge is 0.495 e. The molecule has 1 fully saturated rings. The maximum absolute atomic E-state index is 13.1. The van der Waals surface area contributed by atoms with Crippen molar-refractivity contribution in [2.45, 2.75) is 64.6 Å². The molecule has 1 saturated heterocycles. The van der Waals surface area contributed by atoms with E-state index in [0.717, 1.165) is 61.2 Å². The van der Waals surface area contributed by atoms with Crippen molar-refractivity contribution in [3.8, 4) is 23.0 Å². The van der Waals surface area contributed by atoms with Crippen molar-refractivity contribution in [2.24, 2.45) is 0 Å². The molecule has 0 aliphatic carbocycles. The molecule has 0 bridgehead atoms. The first-order chi connectivity index (χ1) is 19.5. The van der Waals surface area contributed by atoms with Gasteiger partial charge in [-0.25, -0.2) is 4.79 Å². The van der Waals surface area contributed by atoms with E-state index in [-0.39, 0.29) is 5.91 Å². The van der Waals surface area contributed by atoms with Gasteiger partial charge >= 0.3 is 6.16 Å². The SMILES string of the molecule is C=CCc1c(OCCCOc2ccc3c(c2CCC)OC(OC(=O)O)CC3)ccc(C(=O)N2CCCC2)c1OC. The number of aryl methyl sites for hydroxylation is 1. The second kappa shape index (κ2) is 14.0.